The summed E-state index contributed by atoms with van der Waals surface area (Å²) in [4.78, 5) is 0. The Morgan fingerprint density at radius 2 is 1.86 bits per heavy atom. The van der Waals surface area contributed by atoms with Crippen molar-refractivity contribution < 1.29 is 0 Å². The largest absolute Gasteiger partial charge is 0.325 e. The molecule has 0 saturated heterocycles. The third-order valence-corrected chi connectivity index (χ3v) is 4.32. The van der Waals surface area contributed by atoms with Gasteiger partial charge in [0.05, 0.1) is 0 Å². The van der Waals surface area contributed by atoms with Crippen LogP contribution >= 0.6 is 0 Å². The Bertz CT molecular complexity index is 157. The second-order valence-corrected chi connectivity index (χ2v) is 5.27. The number of hydrogen-bond donors (Lipinski definition) is 1. The Morgan fingerprint density at radius 1 is 1.29 bits per heavy atom. The van der Waals surface area contributed by atoms with Crippen LogP contribution in [0.3, 0.4) is 0 Å². The molecule has 84 valence electrons. The molecule has 0 aromatic rings. The zero-order valence-electron chi connectivity index (χ0n) is 10.2. The van der Waals surface area contributed by atoms with Gasteiger partial charge in [-0.05, 0) is 43.9 Å². The summed E-state index contributed by atoms with van der Waals surface area (Å²) in [6.45, 7) is 6.91. The van der Waals surface area contributed by atoms with Crippen molar-refractivity contribution in [3.05, 3.63) is 0 Å². The van der Waals surface area contributed by atoms with E-state index in [0.29, 0.717) is 5.92 Å². The topological polar surface area (TPSA) is 26.0 Å². The molecule has 2 N–H and O–H groups in total. The van der Waals surface area contributed by atoms with E-state index in [1.165, 1.54) is 44.9 Å². The van der Waals surface area contributed by atoms with Gasteiger partial charge in [0.25, 0.3) is 0 Å². The van der Waals surface area contributed by atoms with E-state index >= 15 is 0 Å². The first-order valence-corrected chi connectivity index (χ1v) is 6.41. The highest BCUT2D eigenvalue weighted by Gasteiger charge is 2.35. The average Bonchev–Trinajstić information content (AvgIpc) is 2.19. The first-order chi connectivity index (χ1) is 6.62. The molecule has 1 nitrogen and oxygen atoms in total. The molecule has 0 aromatic heterocycles. The van der Waals surface area contributed by atoms with Crippen molar-refractivity contribution in [2.45, 2.75) is 71.3 Å². The molecule has 0 amide bonds. The van der Waals surface area contributed by atoms with E-state index in [0.717, 1.165) is 5.92 Å². The van der Waals surface area contributed by atoms with Crippen LogP contribution in [0.1, 0.15) is 65.7 Å². The molecule has 1 aliphatic rings. The third kappa shape index (κ3) is 2.73. The molecule has 1 unspecified atom stereocenters. The third-order valence-electron chi connectivity index (χ3n) is 4.32. The van der Waals surface area contributed by atoms with E-state index < -0.39 is 0 Å². The van der Waals surface area contributed by atoms with Crippen LogP contribution in [-0.2, 0) is 0 Å². The minimum absolute atomic E-state index is 0.168. The minimum Gasteiger partial charge on any atom is -0.325 e. The first kappa shape index (κ1) is 12.0. The summed E-state index contributed by atoms with van der Waals surface area (Å²) in [6.07, 6.45) is 9.16. The maximum Gasteiger partial charge on any atom is 0.0180 e. The van der Waals surface area contributed by atoms with Crippen molar-refractivity contribution in [3.8, 4) is 0 Å². The van der Waals surface area contributed by atoms with Gasteiger partial charge in [-0.3, -0.25) is 0 Å². The van der Waals surface area contributed by atoms with Crippen LogP contribution in [0.5, 0.6) is 0 Å². The summed E-state index contributed by atoms with van der Waals surface area (Å²) in [7, 11) is 0. The van der Waals surface area contributed by atoms with Crippen molar-refractivity contribution in [1.29, 1.82) is 0 Å². The lowest BCUT2D eigenvalue weighted by Gasteiger charge is -2.41. The molecular formula is C13H27N. The van der Waals surface area contributed by atoms with Gasteiger partial charge >= 0.3 is 0 Å². The van der Waals surface area contributed by atoms with Gasteiger partial charge in [-0.15, -0.1) is 0 Å². The molecule has 1 aliphatic carbocycles. The zero-order chi connectivity index (χ0) is 10.6. The molecule has 0 aromatic carbocycles. The molecule has 1 saturated carbocycles. The van der Waals surface area contributed by atoms with Crippen LogP contribution in [0.2, 0.25) is 0 Å². The highest BCUT2D eigenvalue weighted by Crippen LogP contribution is 2.37. The van der Waals surface area contributed by atoms with E-state index in [9.17, 15) is 0 Å². The van der Waals surface area contributed by atoms with Gasteiger partial charge in [0.2, 0.25) is 0 Å². The Hall–Kier alpha value is -0.0400. The molecule has 0 spiro atoms. The van der Waals surface area contributed by atoms with Gasteiger partial charge in [-0.1, -0.05) is 33.6 Å². The Kier molecular flexibility index (Phi) is 4.43. The van der Waals surface area contributed by atoms with Gasteiger partial charge < -0.3 is 5.73 Å². The quantitative estimate of drug-likeness (QED) is 0.730. The standard InChI is InChI=1S/C13H27N/c1-4-6-11(3)13(14)9-7-12(5-2)8-10-13/h11-12H,4-10,14H2,1-3H3. The summed E-state index contributed by atoms with van der Waals surface area (Å²) < 4.78 is 0. The molecule has 0 aliphatic heterocycles. The maximum absolute atomic E-state index is 6.51. The summed E-state index contributed by atoms with van der Waals surface area (Å²) in [5.41, 5.74) is 6.67. The normalized spacial score (nSPS) is 35.6. The second-order valence-electron chi connectivity index (χ2n) is 5.27. The van der Waals surface area contributed by atoms with E-state index in [1.54, 1.807) is 0 Å². The predicted octanol–water partition coefficient (Wildman–Crippen LogP) is 3.72. The number of nitrogens with two attached hydrogens (primary N) is 1. The van der Waals surface area contributed by atoms with Crippen molar-refractivity contribution >= 4 is 0 Å². The molecule has 0 radical (unpaired) electrons. The van der Waals surface area contributed by atoms with Crippen molar-refractivity contribution in [1.82, 2.24) is 0 Å². The molecule has 0 heterocycles. The smallest absolute Gasteiger partial charge is 0.0180 e. The molecule has 1 atom stereocenters. The average molecular weight is 197 g/mol. The SMILES string of the molecule is CCCC(C)C1(N)CCC(CC)CC1. The molecular weight excluding hydrogens is 170 g/mol. The fourth-order valence-electron chi connectivity index (χ4n) is 2.84. The predicted molar refractivity (Wildman–Crippen MR) is 63.2 cm³/mol. The van der Waals surface area contributed by atoms with E-state index in [4.69, 9.17) is 5.73 Å². The lowest BCUT2D eigenvalue weighted by Crippen LogP contribution is -2.48. The van der Waals surface area contributed by atoms with Crippen molar-refractivity contribution in [3.63, 3.8) is 0 Å². The molecule has 1 fully saturated rings. The van der Waals surface area contributed by atoms with E-state index in [1.807, 2.05) is 0 Å². The summed E-state index contributed by atoms with van der Waals surface area (Å²) in [6, 6.07) is 0. The summed E-state index contributed by atoms with van der Waals surface area (Å²) in [5.74, 6) is 1.67. The van der Waals surface area contributed by atoms with Gasteiger partial charge in [-0.2, -0.15) is 0 Å². The fourth-order valence-corrected chi connectivity index (χ4v) is 2.84. The Morgan fingerprint density at radius 3 is 2.29 bits per heavy atom. The van der Waals surface area contributed by atoms with Crippen molar-refractivity contribution in [2.75, 3.05) is 0 Å². The van der Waals surface area contributed by atoms with Gasteiger partial charge in [0, 0.05) is 5.54 Å². The van der Waals surface area contributed by atoms with Crippen LogP contribution in [-0.4, -0.2) is 5.54 Å². The van der Waals surface area contributed by atoms with Crippen molar-refractivity contribution in [2.24, 2.45) is 17.6 Å². The van der Waals surface area contributed by atoms with Crippen LogP contribution < -0.4 is 5.73 Å². The van der Waals surface area contributed by atoms with Crippen LogP contribution in [0.25, 0.3) is 0 Å². The van der Waals surface area contributed by atoms with E-state index in [2.05, 4.69) is 20.8 Å². The van der Waals surface area contributed by atoms with E-state index in [-0.39, 0.29) is 5.54 Å². The Labute approximate surface area is 89.5 Å². The zero-order valence-corrected chi connectivity index (χ0v) is 10.2. The molecule has 1 heteroatoms. The minimum atomic E-state index is 0.168. The Balaban J connectivity index is 2.43. The molecule has 0 bridgehead atoms. The molecule has 14 heavy (non-hydrogen) atoms. The van der Waals surface area contributed by atoms with Crippen LogP contribution in [0.4, 0.5) is 0 Å². The summed E-state index contributed by atoms with van der Waals surface area (Å²) in [5, 5.41) is 0. The highest BCUT2D eigenvalue weighted by atomic mass is 14.8. The van der Waals surface area contributed by atoms with Crippen LogP contribution in [0, 0.1) is 11.8 Å². The highest BCUT2D eigenvalue weighted by molar-refractivity contribution is 4.93. The summed E-state index contributed by atoms with van der Waals surface area (Å²) >= 11 is 0. The molecule has 1 rings (SSSR count). The second kappa shape index (κ2) is 5.16. The number of rotatable bonds is 4. The lowest BCUT2D eigenvalue weighted by molar-refractivity contribution is 0.161. The van der Waals surface area contributed by atoms with Gasteiger partial charge in [0.1, 0.15) is 0 Å². The first-order valence-electron chi connectivity index (χ1n) is 6.41. The van der Waals surface area contributed by atoms with Gasteiger partial charge in [0.15, 0.2) is 0 Å². The van der Waals surface area contributed by atoms with Gasteiger partial charge in [-0.25, -0.2) is 0 Å². The fraction of sp³-hybridized carbons (Fsp3) is 1.00. The monoisotopic (exact) mass is 197 g/mol. The maximum atomic E-state index is 6.51. The van der Waals surface area contributed by atoms with Crippen LogP contribution in [0.15, 0.2) is 0 Å². The lowest BCUT2D eigenvalue weighted by atomic mass is 9.69. The number of hydrogen-bond acceptors (Lipinski definition) is 1.